The van der Waals surface area contributed by atoms with Crippen LogP contribution in [0.1, 0.15) is 31.4 Å². The number of piperidine rings is 1. The molecule has 1 aliphatic rings. The van der Waals surface area contributed by atoms with Gasteiger partial charge < -0.3 is 5.32 Å². The van der Waals surface area contributed by atoms with E-state index in [2.05, 4.69) is 21.2 Å². The molecule has 0 bridgehead atoms. The second-order valence-corrected chi connectivity index (χ2v) is 10.8. The summed E-state index contributed by atoms with van der Waals surface area (Å²) in [7, 11) is -3.58. The molecule has 3 aromatic rings. The molecule has 7 heteroatoms. The first-order valence-corrected chi connectivity index (χ1v) is 12.6. The minimum absolute atomic E-state index is 0.0156. The molecule has 0 radical (unpaired) electrons. The van der Waals surface area contributed by atoms with Crippen LogP contribution < -0.4 is 5.32 Å². The monoisotopic (exact) mass is 500 g/mol. The Morgan fingerprint density at radius 3 is 2.32 bits per heavy atom. The van der Waals surface area contributed by atoms with Gasteiger partial charge in [-0.15, -0.1) is 0 Å². The number of nitrogens with zero attached hydrogens (tertiary/aromatic N) is 1. The standard InChI is InChI=1S/C24H25BrN2O3S/c1-17(18-6-9-22(25)10-7-18)26-24(28)20-12-14-27(15-13-20)31(29,30)23-11-8-19-4-2-3-5-21(19)16-23/h2-11,16-17,20H,12-15H2,1H3,(H,26,28). The van der Waals surface area contributed by atoms with Gasteiger partial charge in [0.2, 0.25) is 15.9 Å². The largest absolute Gasteiger partial charge is 0.349 e. The van der Waals surface area contributed by atoms with Crippen molar-refractivity contribution in [1.29, 1.82) is 0 Å². The molecule has 0 aromatic heterocycles. The van der Waals surface area contributed by atoms with Crippen LogP contribution in [0.2, 0.25) is 0 Å². The molecule has 0 spiro atoms. The Morgan fingerprint density at radius 1 is 1.00 bits per heavy atom. The van der Waals surface area contributed by atoms with E-state index < -0.39 is 10.0 Å². The van der Waals surface area contributed by atoms with E-state index in [0.29, 0.717) is 30.8 Å². The number of carbonyl (C=O) groups excluding carboxylic acids is 1. The molecule has 0 aliphatic carbocycles. The van der Waals surface area contributed by atoms with Crippen molar-refractivity contribution < 1.29 is 13.2 Å². The van der Waals surface area contributed by atoms with E-state index in [4.69, 9.17) is 0 Å². The van der Waals surface area contributed by atoms with E-state index in [0.717, 1.165) is 20.8 Å². The van der Waals surface area contributed by atoms with Gasteiger partial charge in [-0.1, -0.05) is 58.4 Å². The molecule has 1 saturated heterocycles. The molecule has 162 valence electrons. The van der Waals surface area contributed by atoms with Crippen LogP contribution >= 0.6 is 15.9 Å². The number of benzene rings is 3. The number of nitrogens with one attached hydrogen (secondary N) is 1. The molecule has 1 N–H and O–H groups in total. The fourth-order valence-corrected chi connectivity index (χ4v) is 5.77. The Balaban J connectivity index is 1.39. The molecule has 1 amide bonds. The number of hydrogen-bond donors (Lipinski definition) is 1. The topological polar surface area (TPSA) is 66.5 Å². The third-order valence-corrected chi connectivity index (χ3v) is 8.34. The van der Waals surface area contributed by atoms with E-state index in [1.54, 1.807) is 12.1 Å². The van der Waals surface area contributed by atoms with Crippen LogP contribution in [0.15, 0.2) is 76.1 Å². The van der Waals surface area contributed by atoms with Crippen LogP contribution in [0.25, 0.3) is 10.8 Å². The van der Waals surface area contributed by atoms with Crippen LogP contribution in [0, 0.1) is 5.92 Å². The van der Waals surface area contributed by atoms with Crippen molar-refractivity contribution in [2.24, 2.45) is 5.92 Å². The van der Waals surface area contributed by atoms with E-state index >= 15 is 0 Å². The molecule has 1 aliphatic heterocycles. The Bertz CT molecular complexity index is 1190. The van der Waals surface area contributed by atoms with Gasteiger partial charge in [0, 0.05) is 23.5 Å². The first kappa shape index (κ1) is 22.0. The van der Waals surface area contributed by atoms with Gasteiger partial charge in [0.1, 0.15) is 0 Å². The van der Waals surface area contributed by atoms with Crippen molar-refractivity contribution in [2.45, 2.75) is 30.7 Å². The van der Waals surface area contributed by atoms with Gasteiger partial charge in [0.25, 0.3) is 0 Å². The minimum Gasteiger partial charge on any atom is -0.349 e. The molecular weight excluding hydrogens is 476 g/mol. The summed E-state index contributed by atoms with van der Waals surface area (Å²) < 4.78 is 28.7. The summed E-state index contributed by atoms with van der Waals surface area (Å²) in [5.74, 6) is -0.195. The maximum Gasteiger partial charge on any atom is 0.243 e. The average Bonchev–Trinajstić information content (AvgIpc) is 2.79. The SMILES string of the molecule is CC(NC(=O)C1CCN(S(=O)(=O)c2ccc3ccccc3c2)CC1)c1ccc(Br)cc1. The summed E-state index contributed by atoms with van der Waals surface area (Å²) in [4.78, 5) is 13.0. The molecule has 31 heavy (non-hydrogen) atoms. The number of halogens is 1. The third kappa shape index (κ3) is 4.84. The van der Waals surface area contributed by atoms with E-state index in [-0.39, 0.29) is 17.9 Å². The smallest absolute Gasteiger partial charge is 0.243 e. The minimum atomic E-state index is -3.58. The van der Waals surface area contributed by atoms with Crippen molar-refractivity contribution in [3.63, 3.8) is 0 Å². The Kier molecular flexibility index (Phi) is 6.46. The summed E-state index contributed by atoms with van der Waals surface area (Å²) >= 11 is 3.42. The molecule has 5 nitrogen and oxygen atoms in total. The number of amides is 1. The quantitative estimate of drug-likeness (QED) is 0.542. The number of fused-ring (bicyclic) bond motifs is 1. The highest BCUT2D eigenvalue weighted by Gasteiger charge is 2.32. The van der Waals surface area contributed by atoms with Gasteiger partial charge in [0.05, 0.1) is 10.9 Å². The molecule has 1 atom stereocenters. The Hall–Kier alpha value is -2.22. The van der Waals surface area contributed by atoms with E-state index in [9.17, 15) is 13.2 Å². The van der Waals surface area contributed by atoms with Gasteiger partial charge in [-0.2, -0.15) is 4.31 Å². The van der Waals surface area contributed by atoms with Crippen molar-refractivity contribution in [3.8, 4) is 0 Å². The van der Waals surface area contributed by atoms with Crippen molar-refractivity contribution in [3.05, 3.63) is 76.8 Å². The highest BCUT2D eigenvalue weighted by atomic mass is 79.9. The van der Waals surface area contributed by atoms with Crippen molar-refractivity contribution in [2.75, 3.05) is 13.1 Å². The zero-order chi connectivity index (χ0) is 22.0. The van der Waals surface area contributed by atoms with Gasteiger partial charge in [0.15, 0.2) is 0 Å². The predicted octanol–water partition coefficient (Wildman–Crippen LogP) is 4.88. The van der Waals surface area contributed by atoms with Crippen LogP contribution in [0.4, 0.5) is 0 Å². The lowest BCUT2D eigenvalue weighted by Crippen LogP contribution is -2.43. The Morgan fingerprint density at radius 2 is 1.65 bits per heavy atom. The lowest BCUT2D eigenvalue weighted by Gasteiger charge is -2.31. The maximum atomic E-state index is 13.1. The molecule has 1 unspecified atom stereocenters. The lowest BCUT2D eigenvalue weighted by molar-refractivity contribution is -0.126. The van der Waals surface area contributed by atoms with Gasteiger partial charge in [-0.3, -0.25) is 4.79 Å². The van der Waals surface area contributed by atoms with Crippen molar-refractivity contribution >= 4 is 42.6 Å². The summed E-state index contributed by atoms with van der Waals surface area (Å²) in [6, 6.07) is 20.7. The molecule has 1 fully saturated rings. The molecule has 1 heterocycles. The summed E-state index contributed by atoms with van der Waals surface area (Å²) in [6.07, 6.45) is 1.04. The highest BCUT2D eigenvalue weighted by Crippen LogP contribution is 2.27. The fraction of sp³-hybridized carbons (Fsp3) is 0.292. The predicted molar refractivity (Wildman–Crippen MR) is 126 cm³/mol. The number of hydrogen-bond acceptors (Lipinski definition) is 3. The summed E-state index contributed by atoms with van der Waals surface area (Å²) in [6.45, 7) is 2.65. The van der Waals surface area contributed by atoms with Crippen molar-refractivity contribution in [1.82, 2.24) is 9.62 Å². The fourth-order valence-electron chi connectivity index (χ4n) is 4.00. The molecule has 3 aromatic carbocycles. The summed E-state index contributed by atoms with van der Waals surface area (Å²) in [5, 5.41) is 4.98. The molecular formula is C24H25BrN2O3S. The Labute approximate surface area is 191 Å². The van der Waals surface area contributed by atoms with E-state index in [1.165, 1.54) is 4.31 Å². The van der Waals surface area contributed by atoms with Crippen LogP contribution in [0.5, 0.6) is 0 Å². The van der Waals surface area contributed by atoms with Gasteiger partial charge in [-0.25, -0.2) is 8.42 Å². The van der Waals surface area contributed by atoms with Gasteiger partial charge in [-0.05, 0) is 60.4 Å². The van der Waals surface area contributed by atoms with Crippen LogP contribution in [0.3, 0.4) is 0 Å². The normalized spacial score (nSPS) is 16.8. The zero-order valence-electron chi connectivity index (χ0n) is 17.3. The van der Waals surface area contributed by atoms with Crippen LogP contribution in [-0.4, -0.2) is 31.7 Å². The number of rotatable bonds is 5. The van der Waals surface area contributed by atoms with E-state index in [1.807, 2.05) is 61.5 Å². The molecule has 4 rings (SSSR count). The molecule has 0 saturated carbocycles. The lowest BCUT2D eigenvalue weighted by atomic mass is 9.96. The third-order valence-electron chi connectivity index (χ3n) is 5.91. The van der Waals surface area contributed by atoms with Gasteiger partial charge >= 0.3 is 0 Å². The first-order chi connectivity index (χ1) is 14.8. The zero-order valence-corrected chi connectivity index (χ0v) is 19.7. The second-order valence-electron chi connectivity index (χ2n) is 7.97. The second kappa shape index (κ2) is 9.10. The highest BCUT2D eigenvalue weighted by molar-refractivity contribution is 9.10. The number of sulfonamides is 1. The van der Waals surface area contributed by atoms with Crippen LogP contribution in [-0.2, 0) is 14.8 Å². The maximum absolute atomic E-state index is 13.1. The average molecular weight is 501 g/mol. The number of carbonyl (C=O) groups is 1. The first-order valence-electron chi connectivity index (χ1n) is 10.4. The summed E-state index contributed by atoms with van der Waals surface area (Å²) in [5.41, 5.74) is 1.04.